The maximum Gasteiger partial charge on any atom is 0.327 e. The van der Waals surface area contributed by atoms with Gasteiger partial charge in [0.1, 0.15) is 6.04 Å². The maximum atomic E-state index is 11.1. The minimum absolute atomic E-state index is 0. The summed E-state index contributed by atoms with van der Waals surface area (Å²) in [7, 11) is 2.69. The SMILES string of the molecule is COC(=O)[C@@H](N)c1ccc(OC)c(O)c1.Cl. The Bertz CT molecular complexity index is 370. The first-order chi connectivity index (χ1) is 7.10. The zero-order valence-electron chi connectivity index (χ0n) is 8.97. The second kappa shape index (κ2) is 6.19. The first kappa shape index (κ1) is 14.5. The van der Waals surface area contributed by atoms with Gasteiger partial charge in [0.05, 0.1) is 14.2 Å². The van der Waals surface area contributed by atoms with Crippen LogP contribution in [0, 0.1) is 0 Å². The molecule has 16 heavy (non-hydrogen) atoms. The van der Waals surface area contributed by atoms with Crippen molar-refractivity contribution in [1.29, 1.82) is 0 Å². The molecule has 1 atom stereocenters. The highest BCUT2D eigenvalue weighted by atomic mass is 35.5. The Hall–Kier alpha value is -1.46. The molecule has 6 heteroatoms. The highest BCUT2D eigenvalue weighted by Crippen LogP contribution is 2.28. The van der Waals surface area contributed by atoms with E-state index in [1.54, 1.807) is 6.07 Å². The fourth-order valence-corrected chi connectivity index (χ4v) is 1.16. The van der Waals surface area contributed by atoms with Crippen molar-refractivity contribution in [3.05, 3.63) is 23.8 Å². The number of benzene rings is 1. The van der Waals surface area contributed by atoms with Crippen LogP contribution in [0.3, 0.4) is 0 Å². The van der Waals surface area contributed by atoms with Crippen molar-refractivity contribution in [1.82, 2.24) is 0 Å². The molecule has 1 rings (SSSR count). The third kappa shape index (κ3) is 3.01. The molecule has 0 aliphatic carbocycles. The van der Waals surface area contributed by atoms with E-state index >= 15 is 0 Å². The number of halogens is 1. The smallest absolute Gasteiger partial charge is 0.327 e. The Morgan fingerprint density at radius 2 is 2.06 bits per heavy atom. The first-order valence-corrected chi connectivity index (χ1v) is 4.30. The molecular formula is C10H14ClNO4. The molecule has 0 aliphatic heterocycles. The van der Waals surface area contributed by atoms with Gasteiger partial charge < -0.3 is 20.3 Å². The van der Waals surface area contributed by atoms with Crippen LogP contribution in [0.2, 0.25) is 0 Å². The fraction of sp³-hybridized carbons (Fsp3) is 0.300. The number of phenols is 1. The number of hydrogen-bond donors (Lipinski definition) is 2. The quantitative estimate of drug-likeness (QED) is 0.779. The molecular weight excluding hydrogens is 234 g/mol. The second-order valence-electron chi connectivity index (χ2n) is 2.93. The number of nitrogens with two attached hydrogens (primary N) is 1. The van der Waals surface area contributed by atoms with E-state index < -0.39 is 12.0 Å². The van der Waals surface area contributed by atoms with Crippen LogP contribution in [0.25, 0.3) is 0 Å². The van der Waals surface area contributed by atoms with Crippen molar-refractivity contribution in [2.45, 2.75) is 6.04 Å². The van der Waals surface area contributed by atoms with Gasteiger partial charge in [-0.15, -0.1) is 12.4 Å². The summed E-state index contributed by atoms with van der Waals surface area (Å²) in [6, 6.07) is 3.61. The van der Waals surface area contributed by atoms with Gasteiger partial charge in [-0.1, -0.05) is 6.07 Å². The van der Waals surface area contributed by atoms with E-state index in [9.17, 15) is 9.90 Å². The molecule has 0 spiro atoms. The van der Waals surface area contributed by atoms with Crippen molar-refractivity contribution < 1.29 is 19.4 Å². The molecule has 0 fully saturated rings. The van der Waals surface area contributed by atoms with Gasteiger partial charge in [-0.05, 0) is 17.7 Å². The van der Waals surface area contributed by atoms with E-state index in [4.69, 9.17) is 10.5 Å². The van der Waals surface area contributed by atoms with E-state index in [1.165, 1.54) is 26.4 Å². The maximum absolute atomic E-state index is 11.1. The van der Waals surface area contributed by atoms with E-state index in [1.807, 2.05) is 0 Å². The summed E-state index contributed by atoms with van der Waals surface area (Å²) in [5.74, 6) is -0.287. The summed E-state index contributed by atoms with van der Waals surface area (Å²) in [5.41, 5.74) is 6.06. The lowest BCUT2D eigenvalue weighted by Crippen LogP contribution is -2.22. The monoisotopic (exact) mass is 247 g/mol. The first-order valence-electron chi connectivity index (χ1n) is 4.30. The van der Waals surface area contributed by atoms with Crippen LogP contribution >= 0.6 is 12.4 Å². The van der Waals surface area contributed by atoms with Crippen molar-refractivity contribution in [2.24, 2.45) is 5.73 Å². The van der Waals surface area contributed by atoms with Gasteiger partial charge in [0.15, 0.2) is 11.5 Å². The average Bonchev–Trinajstić information content (AvgIpc) is 2.26. The third-order valence-corrected chi connectivity index (χ3v) is 2.02. The molecule has 1 aromatic carbocycles. The Morgan fingerprint density at radius 3 is 2.50 bits per heavy atom. The van der Waals surface area contributed by atoms with Gasteiger partial charge in [0.2, 0.25) is 0 Å². The van der Waals surface area contributed by atoms with Crippen LogP contribution in [-0.4, -0.2) is 25.3 Å². The molecule has 0 heterocycles. The van der Waals surface area contributed by atoms with Crippen LogP contribution in [0.5, 0.6) is 11.5 Å². The standard InChI is InChI=1S/C10H13NO4.ClH/c1-14-8-4-3-6(5-7(8)12)9(11)10(13)15-2;/h3-5,9,12H,11H2,1-2H3;1H/t9-;/m0./s1. The fourth-order valence-electron chi connectivity index (χ4n) is 1.16. The van der Waals surface area contributed by atoms with Gasteiger partial charge in [-0.3, -0.25) is 4.79 Å². The minimum Gasteiger partial charge on any atom is -0.504 e. The van der Waals surface area contributed by atoms with Gasteiger partial charge in [0, 0.05) is 0 Å². The number of esters is 1. The molecule has 0 radical (unpaired) electrons. The molecule has 5 nitrogen and oxygen atoms in total. The number of aromatic hydroxyl groups is 1. The molecule has 0 aromatic heterocycles. The Labute approximate surface area is 99.6 Å². The van der Waals surface area contributed by atoms with Crippen molar-refractivity contribution >= 4 is 18.4 Å². The molecule has 3 N–H and O–H groups in total. The lowest BCUT2D eigenvalue weighted by Gasteiger charge is -2.11. The van der Waals surface area contributed by atoms with E-state index in [2.05, 4.69) is 4.74 Å². The topological polar surface area (TPSA) is 81.8 Å². The number of rotatable bonds is 3. The van der Waals surface area contributed by atoms with Gasteiger partial charge in [0.25, 0.3) is 0 Å². The summed E-state index contributed by atoms with van der Waals surface area (Å²) in [4.78, 5) is 11.1. The highest BCUT2D eigenvalue weighted by molar-refractivity contribution is 5.85. The number of phenolic OH excluding ortho intramolecular Hbond substituents is 1. The lowest BCUT2D eigenvalue weighted by molar-refractivity contribution is -0.142. The van der Waals surface area contributed by atoms with Crippen molar-refractivity contribution in [3.8, 4) is 11.5 Å². The van der Waals surface area contributed by atoms with Gasteiger partial charge in [-0.2, -0.15) is 0 Å². The summed E-state index contributed by atoms with van der Waals surface area (Å²) >= 11 is 0. The summed E-state index contributed by atoms with van der Waals surface area (Å²) < 4.78 is 9.35. The van der Waals surface area contributed by atoms with Crippen LogP contribution in [-0.2, 0) is 9.53 Å². The molecule has 90 valence electrons. The number of ether oxygens (including phenoxy) is 2. The number of carbonyl (C=O) groups excluding carboxylic acids is 1. The van der Waals surface area contributed by atoms with Crippen LogP contribution < -0.4 is 10.5 Å². The largest absolute Gasteiger partial charge is 0.504 e. The summed E-state index contributed by atoms with van der Waals surface area (Å²) in [6.45, 7) is 0. The Morgan fingerprint density at radius 1 is 1.44 bits per heavy atom. The zero-order chi connectivity index (χ0) is 11.4. The summed E-state index contributed by atoms with van der Waals surface area (Å²) in [5, 5.41) is 9.46. The van der Waals surface area contributed by atoms with Crippen molar-refractivity contribution in [3.63, 3.8) is 0 Å². The zero-order valence-corrected chi connectivity index (χ0v) is 9.78. The number of methoxy groups -OCH3 is 2. The summed E-state index contributed by atoms with van der Waals surface area (Å²) in [6.07, 6.45) is 0. The van der Waals surface area contributed by atoms with Gasteiger partial charge >= 0.3 is 5.97 Å². The van der Waals surface area contributed by atoms with Gasteiger partial charge in [-0.25, -0.2) is 0 Å². The minimum atomic E-state index is -0.896. The van der Waals surface area contributed by atoms with E-state index in [-0.39, 0.29) is 18.2 Å². The molecule has 0 saturated carbocycles. The van der Waals surface area contributed by atoms with Crippen LogP contribution in [0.4, 0.5) is 0 Å². The molecule has 0 amide bonds. The predicted octanol–water partition coefficient (Wildman–Crippen LogP) is 0.995. The molecule has 0 saturated heterocycles. The molecule has 0 aliphatic rings. The number of carbonyl (C=O) groups is 1. The number of hydrogen-bond acceptors (Lipinski definition) is 5. The van der Waals surface area contributed by atoms with E-state index in [0.717, 1.165) is 0 Å². The Balaban J connectivity index is 0.00000225. The predicted molar refractivity (Wildman–Crippen MR) is 60.9 cm³/mol. The molecule has 0 unspecified atom stereocenters. The van der Waals surface area contributed by atoms with E-state index in [0.29, 0.717) is 11.3 Å². The molecule has 1 aromatic rings. The lowest BCUT2D eigenvalue weighted by atomic mass is 10.1. The molecule has 0 bridgehead atoms. The average molecular weight is 248 g/mol. The third-order valence-electron chi connectivity index (χ3n) is 2.02. The van der Waals surface area contributed by atoms with Crippen LogP contribution in [0.1, 0.15) is 11.6 Å². The van der Waals surface area contributed by atoms with Crippen LogP contribution in [0.15, 0.2) is 18.2 Å². The Kier molecular flexibility index (Phi) is 5.63. The highest BCUT2D eigenvalue weighted by Gasteiger charge is 2.17. The normalized spacial score (nSPS) is 11.2. The second-order valence-corrected chi connectivity index (χ2v) is 2.93. The van der Waals surface area contributed by atoms with Crippen molar-refractivity contribution in [2.75, 3.05) is 14.2 Å².